The highest BCUT2D eigenvalue weighted by Gasteiger charge is 2.19. The molecule has 0 saturated heterocycles. The highest BCUT2D eigenvalue weighted by molar-refractivity contribution is 6.10. The van der Waals surface area contributed by atoms with Gasteiger partial charge in [0, 0.05) is 23.1 Å². The molecule has 0 saturated carbocycles. The number of ketones is 1. The van der Waals surface area contributed by atoms with Crippen molar-refractivity contribution in [3.63, 3.8) is 0 Å². The lowest BCUT2D eigenvalue weighted by Crippen LogP contribution is -2.25. The molecular weight excluding hydrogens is 416 g/mol. The lowest BCUT2D eigenvalue weighted by molar-refractivity contribution is -0.116. The first-order valence-corrected chi connectivity index (χ1v) is 9.68. The first kappa shape index (κ1) is 21.0. The van der Waals surface area contributed by atoms with Gasteiger partial charge < -0.3 is 9.88 Å². The summed E-state index contributed by atoms with van der Waals surface area (Å²) in [4.78, 5) is 42.9. The summed E-state index contributed by atoms with van der Waals surface area (Å²) in [5.41, 5.74) is 0.724. The molecule has 160 valence electrons. The Balaban J connectivity index is 1.75. The van der Waals surface area contributed by atoms with Crippen LogP contribution in [0.4, 0.5) is 14.5 Å². The zero-order valence-electron chi connectivity index (χ0n) is 16.9. The number of nitrogens with zero attached hydrogens (tertiary/aromatic N) is 2. The number of aryl methyl sites for hydroxylation is 1. The Morgan fingerprint density at radius 3 is 2.22 bits per heavy atom. The largest absolute Gasteiger partial charge is 0.325 e. The maximum atomic E-state index is 13.2. The molecule has 8 heteroatoms. The summed E-state index contributed by atoms with van der Waals surface area (Å²) in [6, 6.07) is 13.3. The van der Waals surface area contributed by atoms with Gasteiger partial charge in [0.15, 0.2) is 5.78 Å². The van der Waals surface area contributed by atoms with Gasteiger partial charge >= 0.3 is 0 Å². The predicted octanol–water partition coefficient (Wildman–Crippen LogP) is 3.85. The van der Waals surface area contributed by atoms with Crippen molar-refractivity contribution >= 4 is 28.4 Å². The van der Waals surface area contributed by atoms with E-state index in [0.29, 0.717) is 11.4 Å². The number of carbonyl (C=O) groups is 2. The molecule has 0 aliphatic rings. The van der Waals surface area contributed by atoms with Crippen molar-refractivity contribution in [2.24, 2.45) is 0 Å². The molecule has 4 rings (SSSR count). The number of fused-ring (bicyclic) bond motifs is 1. The Kier molecular flexibility index (Phi) is 5.59. The van der Waals surface area contributed by atoms with Crippen LogP contribution in [0.25, 0.3) is 11.0 Å². The number of aromatic nitrogens is 2. The van der Waals surface area contributed by atoms with E-state index in [-0.39, 0.29) is 28.7 Å². The number of nitrogens with one attached hydrogen (secondary N) is 1. The molecule has 0 aliphatic heterocycles. The zero-order valence-corrected chi connectivity index (χ0v) is 16.9. The van der Waals surface area contributed by atoms with Crippen LogP contribution >= 0.6 is 0 Å². The molecule has 0 atom stereocenters. The van der Waals surface area contributed by atoms with Gasteiger partial charge in [0.1, 0.15) is 23.8 Å². The van der Waals surface area contributed by atoms with E-state index in [1.807, 2.05) is 0 Å². The highest BCUT2D eigenvalue weighted by atomic mass is 19.1. The second-order valence-corrected chi connectivity index (χ2v) is 7.21. The molecule has 1 N–H and O–H groups in total. The van der Waals surface area contributed by atoms with Gasteiger partial charge in [-0.15, -0.1) is 0 Å². The first-order valence-electron chi connectivity index (χ1n) is 9.68. The molecule has 0 aliphatic carbocycles. The Hall–Kier alpha value is -4.20. The van der Waals surface area contributed by atoms with Crippen LogP contribution < -0.4 is 10.7 Å². The third-order valence-electron chi connectivity index (χ3n) is 4.85. The van der Waals surface area contributed by atoms with E-state index < -0.39 is 28.8 Å². The number of hydrogen-bond donors (Lipinski definition) is 1. The van der Waals surface area contributed by atoms with E-state index >= 15 is 0 Å². The summed E-state index contributed by atoms with van der Waals surface area (Å²) in [6.45, 7) is 1.50. The number of amides is 1. The van der Waals surface area contributed by atoms with Crippen LogP contribution in [-0.2, 0) is 11.3 Å². The van der Waals surface area contributed by atoms with Crippen LogP contribution in [0.15, 0.2) is 71.7 Å². The van der Waals surface area contributed by atoms with Gasteiger partial charge in [0.2, 0.25) is 11.3 Å². The number of rotatable bonds is 5. The fourth-order valence-electron chi connectivity index (χ4n) is 3.29. The van der Waals surface area contributed by atoms with Gasteiger partial charge in [-0.1, -0.05) is 0 Å². The average molecular weight is 433 g/mol. The molecule has 1 amide bonds. The van der Waals surface area contributed by atoms with Crippen LogP contribution in [0, 0.1) is 18.6 Å². The van der Waals surface area contributed by atoms with E-state index in [1.54, 1.807) is 19.1 Å². The summed E-state index contributed by atoms with van der Waals surface area (Å²) in [5.74, 6) is -1.98. The van der Waals surface area contributed by atoms with Gasteiger partial charge in [-0.25, -0.2) is 13.8 Å². The van der Waals surface area contributed by atoms with Crippen LogP contribution in [0.2, 0.25) is 0 Å². The van der Waals surface area contributed by atoms with Gasteiger partial charge in [-0.2, -0.15) is 0 Å². The minimum absolute atomic E-state index is 0.144. The summed E-state index contributed by atoms with van der Waals surface area (Å²) >= 11 is 0. The molecule has 2 heterocycles. The molecule has 2 aromatic heterocycles. The molecule has 0 unspecified atom stereocenters. The van der Waals surface area contributed by atoms with Crippen LogP contribution in [0.3, 0.4) is 0 Å². The van der Waals surface area contributed by atoms with E-state index in [4.69, 9.17) is 0 Å². The smallest absolute Gasteiger partial charge is 0.244 e. The van der Waals surface area contributed by atoms with Crippen molar-refractivity contribution in [1.29, 1.82) is 0 Å². The van der Waals surface area contributed by atoms with Gasteiger partial charge in [-0.3, -0.25) is 14.4 Å². The minimum atomic E-state index is -0.592. The van der Waals surface area contributed by atoms with Crippen LogP contribution in [0.5, 0.6) is 0 Å². The van der Waals surface area contributed by atoms with E-state index in [1.165, 1.54) is 47.2 Å². The van der Waals surface area contributed by atoms with Crippen LogP contribution in [-0.4, -0.2) is 21.2 Å². The Morgan fingerprint density at radius 1 is 0.938 bits per heavy atom. The summed E-state index contributed by atoms with van der Waals surface area (Å²) in [7, 11) is 0. The van der Waals surface area contributed by atoms with Crippen molar-refractivity contribution in [2.45, 2.75) is 13.5 Å². The topological polar surface area (TPSA) is 81.1 Å². The fourth-order valence-corrected chi connectivity index (χ4v) is 3.29. The lowest BCUT2D eigenvalue weighted by atomic mass is 10.0. The molecule has 2 aromatic carbocycles. The monoisotopic (exact) mass is 433 g/mol. The highest BCUT2D eigenvalue weighted by Crippen LogP contribution is 2.15. The SMILES string of the molecule is Cc1ccc2c(=O)c(C(=O)c3ccc(F)cc3)cn(CC(=O)Nc3ccc(F)cc3)c2n1. The normalized spacial score (nSPS) is 10.8. The van der Waals surface area contributed by atoms with Gasteiger partial charge in [0.25, 0.3) is 0 Å². The van der Waals surface area contributed by atoms with Crippen molar-refractivity contribution in [2.75, 3.05) is 5.32 Å². The van der Waals surface area contributed by atoms with E-state index in [2.05, 4.69) is 10.3 Å². The number of carbonyl (C=O) groups excluding carboxylic acids is 2. The van der Waals surface area contributed by atoms with E-state index in [0.717, 1.165) is 12.1 Å². The average Bonchev–Trinajstić information content (AvgIpc) is 2.77. The molecule has 0 bridgehead atoms. The van der Waals surface area contributed by atoms with Crippen molar-refractivity contribution in [3.05, 3.63) is 106 Å². The minimum Gasteiger partial charge on any atom is -0.325 e. The molecule has 0 radical (unpaired) electrons. The second kappa shape index (κ2) is 8.50. The fraction of sp³-hybridized carbons (Fsp3) is 0.0833. The maximum Gasteiger partial charge on any atom is 0.244 e. The maximum absolute atomic E-state index is 13.2. The van der Waals surface area contributed by atoms with E-state index in [9.17, 15) is 23.2 Å². The molecule has 0 spiro atoms. The summed E-state index contributed by atoms with van der Waals surface area (Å²) in [5, 5.41) is 2.82. The third-order valence-corrected chi connectivity index (χ3v) is 4.85. The number of benzene rings is 2. The number of anilines is 1. The number of pyridine rings is 2. The molecule has 6 nitrogen and oxygen atoms in total. The lowest BCUT2D eigenvalue weighted by Gasteiger charge is -2.13. The molecule has 32 heavy (non-hydrogen) atoms. The Bertz CT molecular complexity index is 1400. The number of hydrogen-bond acceptors (Lipinski definition) is 4. The Morgan fingerprint density at radius 2 is 1.56 bits per heavy atom. The second-order valence-electron chi connectivity index (χ2n) is 7.21. The predicted molar refractivity (Wildman–Crippen MR) is 116 cm³/mol. The Labute approximate surface area is 181 Å². The standard InChI is InChI=1S/C24H17F2N3O3/c1-14-2-11-19-23(32)20(22(31)15-3-5-16(25)6-4-15)12-29(24(19)27-14)13-21(30)28-18-9-7-17(26)8-10-18/h2-12H,13H2,1H3,(H,28,30). The number of halogens is 2. The quantitative estimate of drug-likeness (QED) is 0.485. The molecule has 4 aromatic rings. The van der Waals surface area contributed by atoms with Gasteiger partial charge in [-0.05, 0) is 67.6 Å². The van der Waals surface area contributed by atoms with Gasteiger partial charge in [0.05, 0.1) is 10.9 Å². The first-order chi connectivity index (χ1) is 15.3. The van der Waals surface area contributed by atoms with Crippen molar-refractivity contribution < 1.29 is 18.4 Å². The van der Waals surface area contributed by atoms with Crippen molar-refractivity contribution in [1.82, 2.24) is 9.55 Å². The summed E-state index contributed by atoms with van der Waals surface area (Å²) in [6.07, 6.45) is 1.28. The third kappa shape index (κ3) is 4.29. The van der Waals surface area contributed by atoms with Crippen molar-refractivity contribution in [3.8, 4) is 0 Å². The zero-order chi connectivity index (χ0) is 22.8. The summed E-state index contributed by atoms with van der Waals surface area (Å²) < 4.78 is 27.7. The molecular formula is C24H17F2N3O3. The molecule has 0 fully saturated rings. The van der Waals surface area contributed by atoms with Crippen LogP contribution in [0.1, 0.15) is 21.6 Å².